The van der Waals surface area contributed by atoms with Crippen molar-refractivity contribution in [3.63, 3.8) is 0 Å². The number of benzene rings is 3. The summed E-state index contributed by atoms with van der Waals surface area (Å²) < 4.78 is 27.3. The van der Waals surface area contributed by atoms with Gasteiger partial charge in [0.25, 0.3) is 17.7 Å². The van der Waals surface area contributed by atoms with Crippen LogP contribution < -0.4 is 25.6 Å². The van der Waals surface area contributed by atoms with Gasteiger partial charge in [-0.1, -0.05) is 24.6 Å². The lowest BCUT2D eigenvalue weighted by Gasteiger charge is -2.36. The number of ether oxygens (including phenoxy) is 2. The van der Waals surface area contributed by atoms with Crippen LogP contribution in [0.1, 0.15) is 93.8 Å². The van der Waals surface area contributed by atoms with E-state index in [2.05, 4.69) is 41.0 Å². The maximum atomic E-state index is 15.3. The van der Waals surface area contributed by atoms with Gasteiger partial charge in [-0.3, -0.25) is 39.1 Å². The van der Waals surface area contributed by atoms with E-state index in [4.69, 9.17) is 9.47 Å². The third kappa shape index (κ3) is 12.6. The van der Waals surface area contributed by atoms with E-state index in [1.54, 1.807) is 30.6 Å². The average molecular weight is 932 g/mol. The number of hydrogen-bond acceptors (Lipinski definition) is 14. The Morgan fingerprint density at radius 1 is 0.941 bits per heavy atom. The Hall–Kier alpha value is -7.12. The molecule has 4 heterocycles. The summed E-state index contributed by atoms with van der Waals surface area (Å²) in [4.78, 5) is 78.5. The van der Waals surface area contributed by atoms with Gasteiger partial charge in [-0.05, 0) is 86.7 Å². The minimum atomic E-state index is -1.10. The molecule has 2 saturated heterocycles. The molecule has 1 aromatic heterocycles. The molecule has 0 radical (unpaired) electrons. The number of piperazine rings is 1. The second-order valence-corrected chi connectivity index (χ2v) is 16.9. The zero-order valence-corrected chi connectivity index (χ0v) is 38.7. The van der Waals surface area contributed by atoms with Crippen molar-refractivity contribution in [2.45, 2.75) is 57.5 Å². The number of rotatable bonds is 21. The first-order valence-corrected chi connectivity index (χ1v) is 23.0. The van der Waals surface area contributed by atoms with Gasteiger partial charge in [0.1, 0.15) is 29.6 Å². The summed E-state index contributed by atoms with van der Waals surface area (Å²) in [5, 5.41) is 17.0. The molecular weight excluding hydrogens is 874 g/mol. The van der Waals surface area contributed by atoms with Crippen LogP contribution in [0.5, 0.6) is 5.75 Å². The molecule has 68 heavy (non-hydrogen) atoms. The van der Waals surface area contributed by atoms with Crippen LogP contribution in [-0.2, 0) is 14.3 Å². The van der Waals surface area contributed by atoms with Gasteiger partial charge in [-0.15, -0.1) is 5.10 Å². The molecule has 3 N–H and O–H groups in total. The second kappa shape index (κ2) is 23.6. The summed E-state index contributed by atoms with van der Waals surface area (Å²) in [6, 6.07) is 18.0. The Morgan fingerprint density at radius 3 is 2.46 bits per heavy atom. The van der Waals surface area contributed by atoms with Crippen LogP contribution in [-0.4, -0.2) is 145 Å². The van der Waals surface area contributed by atoms with Gasteiger partial charge in [0, 0.05) is 83.5 Å². The van der Waals surface area contributed by atoms with Gasteiger partial charge in [0.15, 0.2) is 5.84 Å². The van der Waals surface area contributed by atoms with E-state index in [0.717, 1.165) is 60.2 Å². The number of unbranched alkanes of at least 4 members (excludes halogenated alkanes) is 3. The molecule has 3 aliphatic rings. The molecule has 0 bridgehead atoms. The summed E-state index contributed by atoms with van der Waals surface area (Å²) in [6.07, 6.45) is 8.67. The molecule has 3 aromatic carbocycles. The zero-order valence-electron chi connectivity index (χ0n) is 38.7. The van der Waals surface area contributed by atoms with Crippen molar-refractivity contribution in [3.8, 4) is 5.75 Å². The Bertz CT molecular complexity index is 2500. The highest BCUT2D eigenvalue weighted by Crippen LogP contribution is 2.33. The monoisotopic (exact) mass is 931 g/mol. The molecule has 3 aliphatic heterocycles. The minimum absolute atomic E-state index is 0.0135. The van der Waals surface area contributed by atoms with Crippen LogP contribution >= 0.6 is 0 Å². The molecule has 358 valence electrons. The Morgan fingerprint density at radius 2 is 1.71 bits per heavy atom. The summed E-state index contributed by atoms with van der Waals surface area (Å²) in [7, 11) is 3.73. The van der Waals surface area contributed by atoms with Crippen molar-refractivity contribution in [2.75, 3.05) is 83.4 Å². The lowest BCUT2D eigenvalue weighted by molar-refractivity contribution is -0.136. The number of halogens is 1. The number of amidine groups is 1. The van der Waals surface area contributed by atoms with Crippen LogP contribution in [0, 0.1) is 5.82 Å². The van der Waals surface area contributed by atoms with E-state index >= 15 is 4.39 Å². The molecule has 1 unspecified atom stereocenters. The third-order valence-electron chi connectivity index (χ3n) is 11.9. The van der Waals surface area contributed by atoms with Crippen molar-refractivity contribution in [2.24, 2.45) is 10.2 Å². The molecule has 0 aliphatic carbocycles. The number of imide groups is 2. The van der Waals surface area contributed by atoms with Gasteiger partial charge >= 0.3 is 0 Å². The maximum absolute atomic E-state index is 15.3. The minimum Gasteiger partial charge on any atom is -0.494 e. The molecule has 0 saturated carbocycles. The number of fused-ring (bicyclic) bond motifs is 1. The van der Waals surface area contributed by atoms with Gasteiger partial charge in [0.2, 0.25) is 11.8 Å². The normalized spacial score (nSPS) is 17.1. The average Bonchev–Trinajstić information content (AvgIpc) is 3.57. The predicted molar refractivity (Wildman–Crippen MR) is 255 cm³/mol. The molecule has 4 aromatic rings. The first kappa shape index (κ1) is 48.8. The van der Waals surface area contributed by atoms with Crippen molar-refractivity contribution in [1.82, 2.24) is 35.3 Å². The highest BCUT2D eigenvalue weighted by Gasteiger charge is 2.45. The molecule has 19 heteroatoms. The van der Waals surface area contributed by atoms with Crippen molar-refractivity contribution >= 4 is 53.0 Å². The van der Waals surface area contributed by atoms with Gasteiger partial charge in [-0.2, -0.15) is 5.10 Å². The number of nitrogens with one attached hydrogen (secondary N) is 3. The number of amides is 5. The van der Waals surface area contributed by atoms with Crippen molar-refractivity contribution < 1.29 is 37.8 Å². The van der Waals surface area contributed by atoms with Crippen LogP contribution in [0.15, 0.2) is 89.5 Å². The van der Waals surface area contributed by atoms with Crippen LogP contribution in [0.3, 0.4) is 0 Å². The van der Waals surface area contributed by atoms with Crippen LogP contribution in [0.25, 0.3) is 0 Å². The fourth-order valence-corrected chi connectivity index (χ4v) is 8.18. The number of carbonyl (C=O) groups excluding carboxylic acids is 5. The van der Waals surface area contributed by atoms with Crippen LogP contribution in [0.2, 0.25) is 0 Å². The third-order valence-corrected chi connectivity index (χ3v) is 11.9. The van der Waals surface area contributed by atoms with Gasteiger partial charge in [0.05, 0.1) is 42.6 Å². The van der Waals surface area contributed by atoms with E-state index in [-0.39, 0.29) is 41.6 Å². The summed E-state index contributed by atoms with van der Waals surface area (Å²) >= 11 is 0. The quantitative estimate of drug-likeness (QED) is 0.0342. The molecular formula is C49H58FN11O7. The smallest absolute Gasteiger partial charge is 0.262 e. The summed E-state index contributed by atoms with van der Waals surface area (Å²) in [6.45, 7) is 7.34. The number of nitrogens with zero attached hydrogens (tertiary/aromatic N) is 8. The highest BCUT2D eigenvalue weighted by molar-refractivity contribution is 6.23. The summed E-state index contributed by atoms with van der Waals surface area (Å²) in [5.41, 5.74) is 3.14. The van der Waals surface area contributed by atoms with E-state index in [1.165, 1.54) is 12.4 Å². The molecule has 0 spiro atoms. The summed E-state index contributed by atoms with van der Waals surface area (Å²) in [5.74, 6) is -1.98. The largest absolute Gasteiger partial charge is 0.494 e. The Labute approximate surface area is 395 Å². The lowest BCUT2D eigenvalue weighted by Crippen LogP contribution is -2.54. The topological polar surface area (TPSA) is 203 Å². The molecule has 5 amide bonds. The van der Waals surface area contributed by atoms with E-state index in [1.807, 2.05) is 67.2 Å². The first-order chi connectivity index (χ1) is 33.0. The second-order valence-electron chi connectivity index (χ2n) is 16.9. The Kier molecular flexibility index (Phi) is 16.9. The van der Waals surface area contributed by atoms with Crippen molar-refractivity contribution in [1.29, 1.82) is 0 Å². The molecule has 2 fully saturated rings. The number of anilines is 2. The highest BCUT2D eigenvalue weighted by atomic mass is 19.1. The van der Waals surface area contributed by atoms with E-state index in [0.29, 0.717) is 69.6 Å². The fraction of sp³-hybridized carbons (Fsp3) is 0.408. The fourth-order valence-electron chi connectivity index (χ4n) is 8.18. The number of piperidine rings is 1. The van der Waals surface area contributed by atoms with Crippen LogP contribution in [0.4, 0.5) is 15.8 Å². The lowest BCUT2D eigenvalue weighted by atomic mass is 10.0. The molecule has 18 nitrogen and oxygen atoms in total. The predicted octanol–water partition coefficient (Wildman–Crippen LogP) is 4.69. The van der Waals surface area contributed by atoms with Gasteiger partial charge < -0.3 is 29.9 Å². The zero-order chi connectivity index (χ0) is 48.0. The number of aromatic nitrogens is 2. The standard InChI is InChI=1S/C49H58FN11O7/c1-33(55-46(63)35-11-8-12-36(28-35)52-18-19-54-57-45(58(2)3)41-16-17-51-32-53-41)34-10-9-13-37(29-34)68-26-7-5-4-6-25-67-27-24-59-20-22-60(23-21-59)43-31-39-38(30-40(43)50)48(65)61(49(39)66)42-14-15-44(62)56-47(42)64/h8-13,16-17,19,28-33,42,52H,4-7,14-15,18,20-27H2,1-3H3,(H,55,63)(H,56,62,64)/b54-19+,57-45-/t33-,42?/m1/s1. The number of hydrogen-bond donors (Lipinski definition) is 3. The molecule has 2 atom stereocenters. The maximum Gasteiger partial charge on any atom is 0.262 e. The SMILES string of the molecule is C[C@@H](NC(=O)c1cccc(NC/C=N/N=C(/c2ccncn2)N(C)C)c1)c1cccc(OCCCCCCOCCN2CCN(c3cc4c(cc3F)C(=O)N(C3CCC(=O)NC3=O)C4=O)CC2)c1. The first-order valence-electron chi connectivity index (χ1n) is 23.0. The number of carbonyl (C=O) groups is 5. The van der Waals surface area contributed by atoms with E-state index in [9.17, 15) is 24.0 Å². The Balaban J connectivity index is 0.742. The van der Waals surface area contributed by atoms with Gasteiger partial charge in [-0.25, -0.2) is 14.4 Å². The van der Waals surface area contributed by atoms with E-state index < -0.39 is 35.5 Å². The van der Waals surface area contributed by atoms with Crippen molar-refractivity contribution in [3.05, 3.63) is 113 Å². The molecule has 7 rings (SSSR count).